The summed E-state index contributed by atoms with van der Waals surface area (Å²) in [4.78, 5) is 15.3. The zero-order chi connectivity index (χ0) is 19.0. The van der Waals surface area contributed by atoms with Crippen molar-refractivity contribution in [3.8, 4) is 5.69 Å². The molecule has 0 bridgehead atoms. The minimum absolute atomic E-state index is 0.174. The normalized spacial score (nSPS) is 24.0. The maximum atomic E-state index is 13.2. The second kappa shape index (κ2) is 7.66. The fourth-order valence-corrected chi connectivity index (χ4v) is 4.99. The number of para-hydroxylation sites is 1. The van der Waals surface area contributed by atoms with Gasteiger partial charge in [0.15, 0.2) is 5.16 Å². The number of hydrogen-bond acceptors (Lipinski definition) is 4. The number of piperidine rings is 1. The molecule has 1 aromatic carbocycles. The molecule has 0 spiro atoms. The second-order valence-corrected chi connectivity index (χ2v) is 9.23. The van der Waals surface area contributed by atoms with Crippen LogP contribution >= 0.6 is 11.8 Å². The van der Waals surface area contributed by atoms with E-state index in [2.05, 4.69) is 45.6 Å². The SMILES string of the molecule is C[C@@H]1CCC[C@H](C)N1C(=O)[C@@H](C)Sc1nnc(C2CC2)n1-c1ccccc1. The number of hydrogen-bond donors (Lipinski definition) is 0. The molecular weight excluding hydrogens is 356 g/mol. The molecule has 6 heteroatoms. The van der Waals surface area contributed by atoms with Gasteiger partial charge in [-0.3, -0.25) is 9.36 Å². The lowest BCUT2D eigenvalue weighted by molar-refractivity contribution is -0.136. The molecule has 2 heterocycles. The third-order valence-electron chi connectivity index (χ3n) is 5.69. The number of amides is 1. The van der Waals surface area contributed by atoms with E-state index < -0.39 is 0 Å². The number of carbonyl (C=O) groups is 1. The van der Waals surface area contributed by atoms with Gasteiger partial charge in [-0.25, -0.2) is 0 Å². The van der Waals surface area contributed by atoms with Crippen LogP contribution in [0.4, 0.5) is 0 Å². The monoisotopic (exact) mass is 384 g/mol. The Bertz CT molecular complexity index is 792. The van der Waals surface area contributed by atoms with E-state index in [4.69, 9.17) is 0 Å². The predicted octanol–water partition coefficient (Wildman–Crippen LogP) is 4.41. The molecule has 1 aliphatic heterocycles. The van der Waals surface area contributed by atoms with Crippen molar-refractivity contribution in [3.63, 3.8) is 0 Å². The van der Waals surface area contributed by atoms with E-state index in [0.29, 0.717) is 18.0 Å². The summed E-state index contributed by atoms with van der Waals surface area (Å²) in [6, 6.07) is 10.9. The molecule has 3 atom stereocenters. The van der Waals surface area contributed by atoms with Gasteiger partial charge in [-0.15, -0.1) is 10.2 Å². The zero-order valence-corrected chi connectivity index (χ0v) is 17.2. The number of carbonyl (C=O) groups excluding carboxylic acids is 1. The Hall–Kier alpha value is -1.82. The van der Waals surface area contributed by atoms with E-state index in [1.54, 1.807) is 0 Å². The van der Waals surface area contributed by atoms with Crippen LogP contribution in [0.15, 0.2) is 35.5 Å². The van der Waals surface area contributed by atoms with Gasteiger partial charge in [-0.1, -0.05) is 30.0 Å². The van der Waals surface area contributed by atoms with Crippen LogP contribution in [0.1, 0.15) is 64.6 Å². The van der Waals surface area contributed by atoms with E-state index in [9.17, 15) is 4.79 Å². The minimum Gasteiger partial charge on any atom is -0.336 e. The molecule has 0 radical (unpaired) electrons. The minimum atomic E-state index is -0.174. The standard InChI is InChI=1S/C21H28N4OS/c1-14-8-7-9-15(2)24(14)20(26)16(3)27-21-23-22-19(17-12-13-17)25(21)18-10-5-4-6-11-18/h4-6,10-11,14-17H,7-9,12-13H2,1-3H3/t14-,15+,16-/m1/s1. The van der Waals surface area contributed by atoms with Gasteiger partial charge in [0, 0.05) is 23.7 Å². The average molecular weight is 385 g/mol. The summed E-state index contributed by atoms with van der Waals surface area (Å²) in [5.74, 6) is 1.75. The van der Waals surface area contributed by atoms with Crippen molar-refractivity contribution in [2.45, 2.75) is 81.3 Å². The molecule has 4 rings (SSSR count). The van der Waals surface area contributed by atoms with Crippen molar-refractivity contribution < 1.29 is 4.79 Å². The maximum absolute atomic E-state index is 13.2. The summed E-state index contributed by atoms with van der Waals surface area (Å²) in [6.07, 6.45) is 5.75. The van der Waals surface area contributed by atoms with Gasteiger partial charge < -0.3 is 4.90 Å². The van der Waals surface area contributed by atoms with Gasteiger partial charge in [0.25, 0.3) is 0 Å². The summed E-state index contributed by atoms with van der Waals surface area (Å²) in [6.45, 7) is 6.34. The zero-order valence-electron chi connectivity index (χ0n) is 16.3. The molecular formula is C21H28N4OS. The smallest absolute Gasteiger partial charge is 0.236 e. The first-order chi connectivity index (χ1) is 13.1. The van der Waals surface area contributed by atoms with Crippen molar-refractivity contribution in [1.29, 1.82) is 0 Å². The average Bonchev–Trinajstić information content (AvgIpc) is 3.43. The van der Waals surface area contributed by atoms with Crippen LogP contribution < -0.4 is 0 Å². The van der Waals surface area contributed by atoms with E-state index in [0.717, 1.165) is 29.5 Å². The fraction of sp³-hybridized carbons (Fsp3) is 0.571. The van der Waals surface area contributed by atoms with Crippen LogP contribution in [0.25, 0.3) is 5.69 Å². The molecule has 2 aromatic rings. The van der Waals surface area contributed by atoms with Crippen molar-refractivity contribution in [2.24, 2.45) is 0 Å². The van der Waals surface area contributed by atoms with Crippen LogP contribution in [0.2, 0.25) is 0 Å². The molecule has 27 heavy (non-hydrogen) atoms. The van der Waals surface area contributed by atoms with Gasteiger partial charge in [-0.2, -0.15) is 0 Å². The first-order valence-electron chi connectivity index (χ1n) is 10.1. The number of thioether (sulfide) groups is 1. The largest absolute Gasteiger partial charge is 0.336 e. The fourth-order valence-electron chi connectivity index (χ4n) is 4.06. The predicted molar refractivity (Wildman–Crippen MR) is 108 cm³/mol. The van der Waals surface area contributed by atoms with Crippen molar-refractivity contribution in [2.75, 3.05) is 0 Å². The first kappa shape index (κ1) is 18.5. The third-order valence-corrected chi connectivity index (χ3v) is 6.72. The van der Waals surface area contributed by atoms with E-state index in [1.807, 2.05) is 25.1 Å². The molecule has 1 aromatic heterocycles. The molecule has 1 amide bonds. The lowest BCUT2D eigenvalue weighted by Crippen LogP contribution is -2.50. The summed E-state index contributed by atoms with van der Waals surface area (Å²) < 4.78 is 2.15. The number of rotatable bonds is 5. The van der Waals surface area contributed by atoms with Crippen molar-refractivity contribution in [1.82, 2.24) is 19.7 Å². The van der Waals surface area contributed by atoms with Crippen LogP contribution in [-0.2, 0) is 4.79 Å². The quantitative estimate of drug-likeness (QED) is 0.716. The first-order valence-corrected chi connectivity index (χ1v) is 10.9. The molecule has 0 unspecified atom stereocenters. The van der Waals surface area contributed by atoms with Crippen molar-refractivity contribution in [3.05, 3.63) is 36.2 Å². The molecule has 5 nitrogen and oxygen atoms in total. The van der Waals surface area contributed by atoms with Crippen LogP contribution in [0.5, 0.6) is 0 Å². The van der Waals surface area contributed by atoms with Crippen LogP contribution in [-0.4, -0.2) is 42.9 Å². The lowest BCUT2D eigenvalue weighted by Gasteiger charge is -2.40. The summed E-state index contributed by atoms with van der Waals surface area (Å²) >= 11 is 1.54. The van der Waals surface area contributed by atoms with Crippen molar-refractivity contribution >= 4 is 17.7 Å². The lowest BCUT2D eigenvalue weighted by atomic mass is 9.97. The Labute approximate surface area is 165 Å². The number of benzene rings is 1. The molecule has 2 fully saturated rings. The van der Waals surface area contributed by atoms with E-state index in [1.165, 1.54) is 31.0 Å². The maximum Gasteiger partial charge on any atom is 0.236 e. The molecule has 1 aliphatic carbocycles. The Morgan fingerprint density at radius 1 is 1.07 bits per heavy atom. The summed E-state index contributed by atoms with van der Waals surface area (Å²) in [7, 11) is 0. The van der Waals surface area contributed by atoms with Gasteiger partial charge in [0.1, 0.15) is 5.82 Å². The van der Waals surface area contributed by atoms with Gasteiger partial charge >= 0.3 is 0 Å². The summed E-state index contributed by atoms with van der Waals surface area (Å²) in [5.41, 5.74) is 1.08. The molecule has 2 aliphatic rings. The number of nitrogens with zero attached hydrogens (tertiary/aromatic N) is 4. The highest BCUT2D eigenvalue weighted by Gasteiger charge is 2.35. The Balaban J connectivity index is 1.58. The van der Waals surface area contributed by atoms with Gasteiger partial charge in [0.2, 0.25) is 5.91 Å². The van der Waals surface area contributed by atoms with Gasteiger partial charge in [-0.05, 0) is 65.0 Å². The second-order valence-electron chi connectivity index (χ2n) is 7.92. The van der Waals surface area contributed by atoms with Gasteiger partial charge in [0.05, 0.1) is 5.25 Å². The number of likely N-dealkylation sites (tertiary alicyclic amines) is 1. The molecule has 1 saturated heterocycles. The van der Waals surface area contributed by atoms with Crippen LogP contribution in [0.3, 0.4) is 0 Å². The van der Waals surface area contributed by atoms with E-state index >= 15 is 0 Å². The van der Waals surface area contributed by atoms with E-state index in [-0.39, 0.29) is 11.2 Å². The Morgan fingerprint density at radius 3 is 2.37 bits per heavy atom. The molecule has 0 N–H and O–H groups in total. The summed E-state index contributed by atoms with van der Waals surface area (Å²) in [5, 5.41) is 9.59. The molecule has 144 valence electrons. The highest BCUT2D eigenvalue weighted by molar-refractivity contribution is 8.00. The highest BCUT2D eigenvalue weighted by atomic mass is 32.2. The molecule has 1 saturated carbocycles. The topological polar surface area (TPSA) is 51.0 Å². The highest BCUT2D eigenvalue weighted by Crippen LogP contribution is 2.41. The Morgan fingerprint density at radius 2 is 1.74 bits per heavy atom. The third kappa shape index (κ3) is 3.77. The number of aromatic nitrogens is 3. The Kier molecular flexibility index (Phi) is 5.26. The van der Waals surface area contributed by atoms with Crippen LogP contribution in [0, 0.1) is 0 Å².